The Labute approximate surface area is 142 Å². The number of aliphatic carboxylic acids is 1. The number of carboxylic acids is 1. The highest BCUT2D eigenvalue weighted by Gasteiger charge is 2.38. The number of nitrogens with one attached hydrogen (secondary N) is 3. The number of hydrogen-bond donors (Lipinski definition) is 4. The van der Waals surface area contributed by atoms with Gasteiger partial charge in [-0.15, -0.1) is 21.5 Å². The van der Waals surface area contributed by atoms with Crippen molar-refractivity contribution in [1.29, 1.82) is 0 Å². The number of amides is 1. The summed E-state index contributed by atoms with van der Waals surface area (Å²) in [7, 11) is 0. The normalized spacial score (nSPS) is 13.4. The smallest absolute Gasteiger partial charge is 0.475 e. The van der Waals surface area contributed by atoms with E-state index in [4.69, 9.17) is 9.90 Å². The number of nitrogens with zero attached hydrogens (tertiary/aromatic N) is 3. The minimum absolute atomic E-state index is 0.0914. The van der Waals surface area contributed by atoms with Crippen molar-refractivity contribution in [3.63, 3.8) is 0 Å². The second kappa shape index (κ2) is 7.57. The molecule has 0 saturated heterocycles. The minimum Gasteiger partial charge on any atom is -0.475 e. The molecule has 13 heteroatoms. The quantitative estimate of drug-likeness (QED) is 0.616. The molecule has 0 fully saturated rings. The molecule has 0 saturated carbocycles. The Bertz CT molecular complexity index is 759. The molecule has 0 bridgehead atoms. The molecule has 3 rings (SSSR count). The van der Waals surface area contributed by atoms with Gasteiger partial charge in [0.05, 0.1) is 5.56 Å². The van der Waals surface area contributed by atoms with Crippen molar-refractivity contribution in [2.45, 2.75) is 26.1 Å². The summed E-state index contributed by atoms with van der Waals surface area (Å²) in [6, 6.07) is 0. The van der Waals surface area contributed by atoms with Gasteiger partial charge in [-0.2, -0.15) is 18.4 Å². The van der Waals surface area contributed by atoms with E-state index < -0.39 is 12.1 Å². The lowest BCUT2D eigenvalue weighted by atomic mass is 10.0. The summed E-state index contributed by atoms with van der Waals surface area (Å²) in [6.45, 7) is 3.25. The Morgan fingerprint density at radius 3 is 2.56 bits per heavy atom. The maximum absolute atomic E-state index is 11.3. The summed E-state index contributed by atoms with van der Waals surface area (Å²) in [5.41, 5.74) is 2.12. The lowest BCUT2D eigenvalue weighted by molar-refractivity contribution is -0.192. The average Bonchev–Trinajstić information content (AvgIpc) is 3.12. The van der Waals surface area contributed by atoms with Gasteiger partial charge in [0.15, 0.2) is 0 Å². The highest BCUT2D eigenvalue weighted by Crippen LogP contribution is 2.40. The van der Waals surface area contributed by atoms with E-state index in [1.165, 1.54) is 17.4 Å². The van der Waals surface area contributed by atoms with E-state index in [1.807, 2.05) is 0 Å². The van der Waals surface area contributed by atoms with E-state index in [0.717, 1.165) is 30.1 Å². The molecule has 1 aliphatic rings. The number of carbonyl (C=O) groups excluding carboxylic acids is 1. The van der Waals surface area contributed by atoms with Crippen LogP contribution in [0.25, 0.3) is 11.4 Å². The summed E-state index contributed by atoms with van der Waals surface area (Å²) in [5.74, 6) is -2.31. The van der Waals surface area contributed by atoms with Crippen LogP contribution in [0.15, 0.2) is 0 Å². The molecule has 1 aliphatic heterocycles. The lowest BCUT2D eigenvalue weighted by Crippen LogP contribution is -2.22. The first kappa shape index (κ1) is 18.8. The van der Waals surface area contributed by atoms with Crippen LogP contribution in [-0.4, -0.2) is 50.3 Å². The van der Waals surface area contributed by atoms with Gasteiger partial charge < -0.3 is 15.7 Å². The Morgan fingerprint density at radius 2 is 2.04 bits per heavy atom. The highest BCUT2D eigenvalue weighted by molar-refractivity contribution is 7.17. The lowest BCUT2D eigenvalue weighted by Gasteiger charge is -2.12. The van der Waals surface area contributed by atoms with Crippen LogP contribution < -0.4 is 10.6 Å². The van der Waals surface area contributed by atoms with Gasteiger partial charge in [-0.25, -0.2) is 4.79 Å². The molecule has 2 aromatic rings. The Balaban J connectivity index is 0.000000277. The van der Waals surface area contributed by atoms with Crippen molar-refractivity contribution in [2.75, 3.05) is 11.9 Å². The van der Waals surface area contributed by atoms with Crippen LogP contribution in [0, 0.1) is 0 Å². The third-order valence-electron chi connectivity index (χ3n) is 3.03. The molecule has 3 heterocycles. The zero-order chi connectivity index (χ0) is 18.6. The van der Waals surface area contributed by atoms with E-state index in [2.05, 4.69) is 31.3 Å². The number of aromatic nitrogens is 4. The van der Waals surface area contributed by atoms with Gasteiger partial charge in [0.1, 0.15) is 5.00 Å². The van der Waals surface area contributed by atoms with Crippen LogP contribution in [-0.2, 0) is 22.6 Å². The number of fused-ring (bicyclic) bond motifs is 1. The Morgan fingerprint density at radius 1 is 1.36 bits per heavy atom. The van der Waals surface area contributed by atoms with Crippen molar-refractivity contribution in [1.82, 2.24) is 25.9 Å². The molecule has 9 nitrogen and oxygen atoms in total. The Kier molecular flexibility index (Phi) is 5.69. The molecular formula is C12H13F3N6O3S. The largest absolute Gasteiger partial charge is 0.490 e. The second-order valence-corrected chi connectivity index (χ2v) is 5.96. The molecular weight excluding hydrogens is 365 g/mol. The highest BCUT2D eigenvalue weighted by atomic mass is 32.1. The number of aromatic amines is 1. The topological polar surface area (TPSA) is 133 Å². The molecule has 0 aliphatic carbocycles. The van der Waals surface area contributed by atoms with Crippen molar-refractivity contribution in [3.05, 3.63) is 10.4 Å². The SMILES string of the molecule is CC(=O)Nc1sc2c(c1-c1nn[nH]n1)CCNC2.O=C(O)C(F)(F)F. The van der Waals surface area contributed by atoms with Gasteiger partial charge >= 0.3 is 12.1 Å². The standard InChI is InChI=1S/C10H12N6OS.C2HF3O2/c1-5(17)12-10-8(9-13-15-16-14-9)6-2-3-11-4-7(6)18-10;3-2(4,5)1(6)7/h11H,2-4H2,1H3,(H,12,17)(H,13,14,15,16);(H,6,7). The zero-order valence-corrected chi connectivity index (χ0v) is 13.6. The first-order valence-corrected chi connectivity index (χ1v) is 7.68. The van der Waals surface area contributed by atoms with Gasteiger partial charge in [-0.3, -0.25) is 4.79 Å². The third kappa shape index (κ3) is 4.73. The first-order valence-electron chi connectivity index (χ1n) is 6.87. The molecule has 4 N–H and O–H groups in total. The van der Waals surface area contributed by atoms with Crippen LogP contribution in [0.1, 0.15) is 17.4 Å². The number of carbonyl (C=O) groups is 2. The number of anilines is 1. The van der Waals surface area contributed by atoms with E-state index in [1.54, 1.807) is 11.3 Å². The monoisotopic (exact) mass is 378 g/mol. The minimum atomic E-state index is -5.08. The van der Waals surface area contributed by atoms with Gasteiger partial charge in [-0.1, -0.05) is 0 Å². The van der Waals surface area contributed by atoms with Crippen molar-refractivity contribution >= 4 is 28.2 Å². The zero-order valence-electron chi connectivity index (χ0n) is 12.8. The van der Waals surface area contributed by atoms with Crippen molar-refractivity contribution < 1.29 is 27.9 Å². The fraction of sp³-hybridized carbons (Fsp3) is 0.417. The number of alkyl halides is 3. The number of rotatable bonds is 2. The summed E-state index contributed by atoms with van der Waals surface area (Å²) in [5, 5.41) is 28.2. The van der Waals surface area contributed by atoms with Crippen molar-refractivity contribution in [3.8, 4) is 11.4 Å². The third-order valence-corrected chi connectivity index (χ3v) is 4.18. The molecule has 2 aromatic heterocycles. The molecule has 0 atom stereocenters. The number of hydrogen-bond acceptors (Lipinski definition) is 7. The predicted octanol–water partition coefficient (Wildman–Crippen LogP) is 1.17. The molecule has 0 unspecified atom stereocenters. The van der Waals surface area contributed by atoms with E-state index in [0.29, 0.717) is 5.82 Å². The Hall–Kier alpha value is -2.54. The van der Waals surface area contributed by atoms with Crippen LogP contribution >= 0.6 is 11.3 Å². The van der Waals surface area contributed by atoms with E-state index in [9.17, 15) is 18.0 Å². The van der Waals surface area contributed by atoms with Gasteiger partial charge in [0, 0.05) is 18.3 Å². The van der Waals surface area contributed by atoms with Gasteiger partial charge in [0.25, 0.3) is 0 Å². The summed E-state index contributed by atoms with van der Waals surface area (Å²) in [6.07, 6.45) is -4.17. The fourth-order valence-corrected chi connectivity index (χ4v) is 3.35. The summed E-state index contributed by atoms with van der Waals surface area (Å²) in [4.78, 5) is 21.4. The maximum Gasteiger partial charge on any atom is 0.490 e. The van der Waals surface area contributed by atoms with Crippen LogP contribution in [0.5, 0.6) is 0 Å². The molecule has 0 aromatic carbocycles. The number of halogens is 3. The summed E-state index contributed by atoms with van der Waals surface area (Å²) >= 11 is 1.57. The van der Waals surface area contributed by atoms with Crippen molar-refractivity contribution in [2.24, 2.45) is 0 Å². The van der Waals surface area contributed by atoms with Crippen LogP contribution in [0.4, 0.5) is 18.2 Å². The van der Waals surface area contributed by atoms with E-state index >= 15 is 0 Å². The van der Waals surface area contributed by atoms with E-state index in [-0.39, 0.29) is 5.91 Å². The number of tetrazole rings is 1. The molecule has 0 radical (unpaired) electrons. The molecule has 0 spiro atoms. The van der Waals surface area contributed by atoms with Gasteiger partial charge in [-0.05, 0) is 23.7 Å². The number of carboxylic acid groups (broad SMARTS) is 1. The van der Waals surface area contributed by atoms with Crippen LogP contribution in [0.2, 0.25) is 0 Å². The number of thiophene rings is 1. The molecule has 25 heavy (non-hydrogen) atoms. The average molecular weight is 378 g/mol. The predicted molar refractivity (Wildman–Crippen MR) is 80.9 cm³/mol. The first-order chi connectivity index (χ1) is 11.7. The fourth-order valence-electron chi connectivity index (χ4n) is 2.09. The second-order valence-electron chi connectivity index (χ2n) is 4.85. The summed E-state index contributed by atoms with van der Waals surface area (Å²) < 4.78 is 31.7. The number of H-pyrrole nitrogens is 1. The van der Waals surface area contributed by atoms with Crippen LogP contribution in [0.3, 0.4) is 0 Å². The maximum atomic E-state index is 11.3. The van der Waals surface area contributed by atoms with Gasteiger partial charge in [0.2, 0.25) is 11.7 Å². The molecule has 1 amide bonds. The molecule has 136 valence electrons.